The van der Waals surface area contributed by atoms with Crippen molar-refractivity contribution < 1.29 is 4.79 Å². The maximum Gasteiger partial charge on any atom is 0.255 e. The van der Waals surface area contributed by atoms with Gasteiger partial charge in [0, 0.05) is 19.2 Å². The van der Waals surface area contributed by atoms with Gasteiger partial charge in [0.2, 0.25) is 5.91 Å². The first kappa shape index (κ1) is 12.2. The molecule has 1 aliphatic rings. The summed E-state index contributed by atoms with van der Waals surface area (Å²) < 4.78 is 1.56. The molecule has 100 valence electrons. The molecular formula is C11H13ClN6O. The lowest BCUT2D eigenvalue weighted by Crippen LogP contribution is -2.32. The van der Waals surface area contributed by atoms with E-state index in [0.29, 0.717) is 16.7 Å². The SMILES string of the molecule is Cc1c(Cl)nc2ncnn2c1NC1CCN(C)C1=O. The third kappa shape index (κ3) is 1.90. The Bertz CT molecular complexity index is 654. The molecule has 2 aromatic rings. The summed E-state index contributed by atoms with van der Waals surface area (Å²) in [4.78, 5) is 21.8. The van der Waals surface area contributed by atoms with Crippen LogP contribution in [0.25, 0.3) is 5.78 Å². The Morgan fingerprint density at radius 3 is 3.00 bits per heavy atom. The van der Waals surface area contributed by atoms with Gasteiger partial charge >= 0.3 is 0 Å². The number of nitrogens with zero attached hydrogens (tertiary/aromatic N) is 5. The first-order valence-corrected chi connectivity index (χ1v) is 6.33. The number of likely N-dealkylation sites (tertiary alicyclic amines) is 1. The van der Waals surface area contributed by atoms with Crippen LogP contribution in [-0.4, -0.2) is 50.0 Å². The third-order valence-corrected chi connectivity index (χ3v) is 3.71. The molecular weight excluding hydrogens is 268 g/mol. The highest BCUT2D eigenvalue weighted by Crippen LogP contribution is 2.24. The van der Waals surface area contributed by atoms with Crippen LogP contribution in [0.15, 0.2) is 6.33 Å². The molecule has 3 rings (SSSR count). The smallest absolute Gasteiger partial charge is 0.255 e. The maximum absolute atomic E-state index is 11.9. The molecule has 3 heterocycles. The molecule has 8 heteroatoms. The molecule has 0 spiro atoms. The molecule has 1 unspecified atom stereocenters. The van der Waals surface area contributed by atoms with Crippen LogP contribution >= 0.6 is 11.6 Å². The minimum Gasteiger partial charge on any atom is -0.358 e. The summed E-state index contributed by atoms with van der Waals surface area (Å²) >= 11 is 6.07. The van der Waals surface area contributed by atoms with Gasteiger partial charge in [-0.1, -0.05) is 11.6 Å². The Labute approximate surface area is 114 Å². The molecule has 0 saturated carbocycles. The van der Waals surface area contributed by atoms with E-state index in [0.717, 1.165) is 18.5 Å². The van der Waals surface area contributed by atoms with Gasteiger partial charge in [0.25, 0.3) is 5.78 Å². The van der Waals surface area contributed by atoms with Gasteiger partial charge < -0.3 is 10.2 Å². The molecule has 1 N–H and O–H groups in total. The van der Waals surface area contributed by atoms with Gasteiger partial charge in [-0.05, 0) is 13.3 Å². The zero-order valence-electron chi connectivity index (χ0n) is 10.6. The minimum atomic E-state index is -0.255. The van der Waals surface area contributed by atoms with E-state index in [-0.39, 0.29) is 11.9 Å². The summed E-state index contributed by atoms with van der Waals surface area (Å²) in [5.41, 5.74) is 0.752. The summed E-state index contributed by atoms with van der Waals surface area (Å²) in [5.74, 6) is 1.15. The number of nitrogens with one attached hydrogen (secondary N) is 1. The van der Waals surface area contributed by atoms with Gasteiger partial charge in [-0.2, -0.15) is 19.6 Å². The molecule has 0 bridgehead atoms. The van der Waals surface area contributed by atoms with Gasteiger partial charge in [-0.15, -0.1) is 0 Å². The molecule has 7 nitrogen and oxygen atoms in total. The van der Waals surface area contributed by atoms with E-state index in [1.807, 2.05) is 6.92 Å². The molecule has 0 aromatic carbocycles. The number of amides is 1. The standard InChI is InChI=1S/C11H13ClN6O/c1-6-8(12)16-11-13-5-14-18(11)9(6)15-7-3-4-17(2)10(7)19/h5,7,15H,3-4H2,1-2H3. The van der Waals surface area contributed by atoms with Gasteiger partial charge in [0.05, 0.1) is 0 Å². The molecule has 0 radical (unpaired) electrons. The quantitative estimate of drug-likeness (QED) is 0.821. The lowest BCUT2D eigenvalue weighted by molar-refractivity contribution is -0.127. The van der Waals surface area contributed by atoms with Crippen LogP contribution in [0, 0.1) is 6.92 Å². The summed E-state index contributed by atoms with van der Waals surface area (Å²) in [6.45, 7) is 2.58. The van der Waals surface area contributed by atoms with Crippen molar-refractivity contribution in [3.05, 3.63) is 17.0 Å². The number of carbonyl (C=O) groups is 1. The minimum absolute atomic E-state index is 0.0700. The normalized spacial score (nSPS) is 19.4. The van der Waals surface area contributed by atoms with Crippen LogP contribution < -0.4 is 5.32 Å². The number of halogens is 1. The number of anilines is 1. The van der Waals surface area contributed by atoms with E-state index in [1.54, 1.807) is 16.5 Å². The predicted octanol–water partition coefficient (Wildman–Crippen LogP) is 0.729. The number of carbonyl (C=O) groups excluding carboxylic acids is 1. The highest BCUT2D eigenvalue weighted by Gasteiger charge is 2.30. The van der Waals surface area contributed by atoms with E-state index < -0.39 is 0 Å². The number of rotatable bonds is 2. The number of hydrogen-bond acceptors (Lipinski definition) is 5. The monoisotopic (exact) mass is 280 g/mol. The summed E-state index contributed by atoms with van der Waals surface area (Å²) in [5, 5.41) is 7.67. The number of likely N-dealkylation sites (N-methyl/N-ethyl adjacent to an activating group) is 1. The average Bonchev–Trinajstić information content (AvgIpc) is 2.95. The molecule has 2 aromatic heterocycles. The van der Waals surface area contributed by atoms with Crippen LogP contribution in [0.4, 0.5) is 5.82 Å². The molecule has 1 saturated heterocycles. The summed E-state index contributed by atoms with van der Waals surface area (Å²) in [6.07, 6.45) is 2.16. The Kier molecular flexibility index (Phi) is 2.78. The van der Waals surface area contributed by atoms with Gasteiger partial charge in [0.1, 0.15) is 23.3 Å². The average molecular weight is 281 g/mol. The first-order chi connectivity index (χ1) is 9.08. The van der Waals surface area contributed by atoms with Crippen molar-refractivity contribution >= 4 is 29.1 Å². The van der Waals surface area contributed by atoms with Crippen molar-refractivity contribution in [1.82, 2.24) is 24.5 Å². The summed E-state index contributed by atoms with van der Waals surface area (Å²) in [7, 11) is 1.79. The van der Waals surface area contributed by atoms with E-state index in [2.05, 4.69) is 20.4 Å². The van der Waals surface area contributed by atoms with Crippen LogP contribution in [0.1, 0.15) is 12.0 Å². The number of hydrogen-bond donors (Lipinski definition) is 1. The van der Waals surface area contributed by atoms with Crippen molar-refractivity contribution in [2.45, 2.75) is 19.4 Å². The van der Waals surface area contributed by atoms with E-state index >= 15 is 0 Å². The van der Waals surface area contributed by atoms with Crippen LogP contribution in [0.3, 0.4) is 0 Å². The highest BCUT2D eigenvalue weighted by molar-refractivity contribution is 6.30. The van der Waals surface area contributed by atoms with Crippen LogP contribution in [-0.2, 0) is 4.79 Å². The molecule has 1 atom stereocenters. The Balaban J connectivity index is 2.02. The second kappa shape index (κ2) is 4.34. The van der Waals surface area contributed by atoms with Gasteiger partial charge in [-0.3, -0.25) is 4.79 Å². The fourth-order valence-electron chi connectivity index (χ4n) is 2.19. The highest BCUT2D eigenvalue weighted by atomic mass is 35.5. The molecule has 0 aliphatic carbocycles. The first-order valence-electron chi connectivity index (χ1n) is 5.95. The lowest BCUT2D eigenvalue weighted by Gasteiger charge is -2.16. The molecule has 1 amide bonds. The topological polar surface area (TPSA) is 75.4 Å². The molecule has 1 fully saturated rings. The Morgan fingerprint density at radius 1 is 1.53 bits per heavy atom. The van der Waals surface area contributed by atoms with Crippen molar-refractivity contribution in [2.75, 3.05) is 18.9 Å². The van der Waals surface area contributed by atoms with Crippen molar-refractivity contribution in [2.24, 2.45) is 0 Å². The van der Waals surface area contributed by atoms with E-state index in [4.69, 9.17) is 11.6 Å². The maximum atomic E-state index is 11.9. The second-order valence-electron chi connectivity index (χ2n) is 4.59. The fraction of sp³-hybridized carbons (Fsp3) is 0.455. The van der Waals surface area contributed by atoms with E-state index in [9.17, 15) is 4.79 Å². The Morgan fingerprint density at radius 2 is 2.32 bits per heavy atom. The van der Waals surface area contributed by atoms with Gasteiger partial charge in [0.15, 0.2) is 0 Å². The number of aromatic nitrogens is 4. The third-order valence-electron chi connectivity index (χ3n) is 3.34. The second-order valence-corrected chi connectivity index (χ2v) is 4.95. The largest absolute Gasteiger partial charge is 0.358 e. The van der Waals surface area contributed by atoms with Crippen LogP contribution in [0.5, 0.6) is 0 Å². The van der Waals surface area contributed by atoms with Crippen molar-refractivity contribution in [3.8, 4) is 0 Å². The Hall–Kier alpha value is -1.89. The predicted molar refractivity (Wildman–Crippen MR) is 70.2 cm³/mol. The zero-order valence-corrected chi connectivity index (χ0v) is 11.3. The van der Waals surface area contributed by atoms with Gasteiger partial charge in [-0.25, -0.2) is 0 Å². The zero-order chi connectivity index (χ0) is 13.6. The van der Waals surface area contributed by atoms with E-state index in [1.165, 1.54) is 6.33 Å². The van der Waals surface area contributed by atoms with Crippen molar-refractivity contribution in [1.29, 1.82) is 0 Å². The summed E-state index contributed by atoms with van der Waals surface area (Å²) in [6, 6.07) is -0.255. The van der Waals surface area contributed by atoms with Crippen LogP contribution in [0.2, 0.25) is 5.15 Å². The lowest BCUT2D eigenvalue weighted by atomic mass is 10.2. The molecule has 19 heavy (non-hydrogen) atoms. The fourth-order valence-corrected chi connectivity index (χ4v) is 2.35. The van der Waals surface area contributed by atoms with Crippen molar-refractivity contribution in [3.63, 3.8) is 0 Å². The molecule has 1 aliphatic heterocycles. The number of fused-ring (bicyclic) bond motifs is 1.